The van der Waals surface area contributed by atoms with E-state index in [4.69, 9.17) is 5.73 Å². The lowest BCUT2D eigenvalue weighted by molar-refractivity contribution is -0.0365. The molecule has 0 bridgehead atoms. The van der Waals surface area contributed by atoms with Crippen LogP contribution in [0.1, 0.15) is 52.9 Å². The molecule has 3 nitrogen and oxygen atoms in total. The molecule has 3 heteroatoms. The average Bonchev–Trinajstić information content (AvgIpc) is 3.20. The van der Waals surface area contributed by atoms with Gasteiger partial charge in [-0.3, -0.25) is 9.80 Å². The predicted molar refractivity (Wildman–Crippen MR) is 84.7 cm³/mol. The third-order valence-electron chi connectivity index (χ3n) is 5.87. The van der Waals surface area contributed by atoms with Crippen molar-refractivity contribution in [2.45, 2.75) is 64.5 Å². The molecule has 0 aromatic carbocycles. The predicted octanol–water partition coefficient (Wildman–Crippen LogP) is 2.31. The summed E-state index contributed by atoms with van der Waals surface area (Å²) in [5.74, 6) is 0.809. The summed E-state index contributed by atoms with van der Waals surface area (Å²) in [4.78, 5) is 5.46. The minimum Gasteiger partial charge on any atom is -0.329 e. The van der Waals surface area contributed by atoms with E-state index in [9.17, 15) is 0 Å². The van der Waals surface area contributed by atoms with Crippen LogP contribution in [0.2, 0.25) is 0 Å². The monoisotopic (exact) mass is 279 g/mol. The molecule has 2 N–H and O–H groups in total. The van der Waals surface area contributed by atoms with Gasteiger partial charge < -0.3 is 5.73 Å². The van der Waals surface area contributed by atoms with Gasteiger partial charge in [-0.2, -0.15) is 0 Å². The molecule has 2 atom stereocenters. The summed E-state index contributed by atoms with van der Waals surface area (Å²) in [6, 6.07) is 0.924. The largest absolute Gasteiger partial charge is 0.329 e. The molecule has 2 aliphatic carbocycles. The highest BCUT2D eigenvalue weighted by molar-refractivity contribution is 5.03. The molecule has 20 heavy (non-hydrogen) atoms. The third-order valence-corrected chi connectivity index (χ3v) is 5.87. The van der Waals surface area contributed by atoms with Gasteiger partial charge in [-0.25, -0.2) is 0 Å². The quantitative estimate of drug-likeness (QED) is 0.860. The van der Waals surface area contributed by atoms with E-state index in [0.29, 0.717) is 5.41 Å². The van der Waals surface area contributed by atoms with Crippen LogP contribution in [0.3, 0.4) is 0 Å². The van der Waals surface area contributed by atoms with E-state index in [1.54, 1.807) is 0 Å². The Morgan fingerprint density at radius 3 is 2.20 bits per heavy atom. The smallest absolute Gasteiger partial charge is 0.0340 e. The first-order valence-electron chi connectivity index (χ1n) is 8.63. The van der Waals surface area contributed by atoms with Crippen molar-refractivity contribution < 1.29 is 0 Å². The summed E-state index contributed by atoms with van der Waals surface area (Å²) >= 11 is 0. The average molecular weight is 279 g/mol. The Bertz CT molecular complexity index is 342. The maximum Gasteiger partial charge on any atom is 0.0340 e. The Balaban J connectivity index is 1.68. The van der Waals surface area contributed by atoms with Crippen LogP contribution >= 0.6 is 0 Å². The molecule has 3 rings (SSSR count). The highest BCUT2D eigenvalue weighted by Crippen LogP contribution is 2.46. The van der Waals surface area contributed by atoms with E-state index < -0.39 is 0 Å². The Labute approximate surface area is 124 Å². The van der Waals surface area contributed by atoms with Crippen LogP contribution in [0.4, 0.5) is 0 Å². The second-order valence-corrected chi connectivity index (χ2v) is 8.54. The molecular formula is C17H33N3. The van der Waals surface area contributed by atoms with Crippen LogP contribution in [-0.2, 0) is 0 Å². The van der Waals surface area contributed by atoms with Crippen molar-refractivity contribution in [1.29, 1.82) is 0 Å². The van der Waals surface area contributed by atoms with Gasteiger partial charge in [0.15, 0.2) is 0 Å². The summed E-state index contributed by atoms with van der Waals surface area (Å²) in [5, 5.41) is 0. The lowest BCUT2D eigenvalue weighted by Crippen LogP contribution is -2.63. The molecule has 1 saturated heterocycles. The first-order valence-corrected chi connectivity index (χ1v) is 8.63. The van der Waals surface area contributed by atoms with Gasteiger partial charge in [0.2, 0.25) is 0 Å². The number of hydrogen-bond acceptors (Lipinski definition) is 3. The lowest BCUT2D eigenvalue weighted by Gasteiger charge is -2.55. The number of piperazine rings is 1. The summed E-state index contributed by atoms with van der Waals surface area (Å²) < 4.78 is 0. The number of rotatable bonds is 3. The molecule has 1 aliphatic heterocycles. The fraction of sp³-hybridized carbons (Fsp3) is 1.00. The zero-order valence-corrected chi connectivity index (χ0v) is 13.7. The van der Waals surface area contributed by atoms with Gasteiger partial charge in [0.1, 0.15) is 0 Å². The van der Waals surface area contributed by atoms with Gasteiger partial charge in [0.25, 0.3) is 0 Å². The second-order valence-electron chi connectivity index (χ2n) is 8.54. The first kappa shape index (κ1) is 14.8. The normalized spacial score (nSPS) is 39.9. The topological polar surface area (TPSA) is 32.5 Å². The Kier molecular flexibility index (Phi) is 3.89. The molecule has 0 spiro atoms. The molecule has 116 valence electrons. The lowest BCUT2D eigenvalue weighted by atomic mass is 9.63. The van der Waals surface area contributed by atoms with Crippen molar-refractivity contribution in [2.75, 3.05) is 32.7 Å². The van der Waals surface area contributed by atoms with Crippen molar-refractivity contribution in [2.24, 2.45) is 17.1 Å². The Morgan fingerprint density at radius 1 is 1.05 bits per heavy atom. The van der Waals surface area contributed by atoms with Crippen LogP contribution in [-0.4, -0.2) is 54.1 Å². The van der Waals surface area contributed by atoms with E-state index >= 15 is 0 Å². The minimum atomic E-state index is 0.275. The third kappa shape index (κ3) is 2.90. The standard InChI is InChI=1S/C17H33N3/c1-14-10-16(2,3)12-17(11-14,13-18)20-8-6-19(7-9-20)15-4-5-15/h14-15H,4-13,18H2,1-3H3. The van der Waals surface area contributed by atoms with E-state index in [-0.39, 0.29) is 5.54 Å². The fourth-order valence-corrected chi connectivity index (χ4v) is 5.23. The summed E-state index contributed by atoms with van der Waals surface area (Å²) in [7, 11) is 0. The van der Waals surface area contributed by atoms with Crippen LogP contribution in [0.15, 0.2) is 0 Å². The number of hydrogen-bond donors (Lipinski definition) is 1. The van der Waals surface area contributed by atoms with Crippen molar-refractivity contribution in [1.82, 2.24) is 9.80 Å². The van der Waals surface area contributed by atoms with Crippen LogP contribution < -0.4 is 5.73 Å². The highest BCUT2D eigenvalue weighted by Gasteiger charge is 2.46. The van der Waals surface area contributed by atoms with Gasteiger partial charge in [0.05, 0.1) is 0 Å². The zero-order valence-electron chi connectivity index (χ0n) is 13.7. The zero-order chi connectivity index (χ0) is 14.4. The van der Waals surface area contributed by atoms with E-state index in [2.05, 4.69) is 30.6 Å². The summed E-state index contributed by atoms with van der Waals surface area (Å²) in [6.45, 7) is 13.1. The summed E-state index contributed by atoms with van der Waals surface area (Å²) in [5.41, 5.74) is 7.03. The van der Waals surface area contributed by atoms with Crippen molar-refractivity contribution in [3.63, 3.8) is 0 Å². The molecule has 0 amide bonds. The molecule has 0 radical (unpaired) electrons. The maximum atomic E-state index is 6.30. The molecule has 2 unspecified atom stereocenters. The molecule has 3 aliphatic rings. The van der Waals surface area contributed by atoms with Gasteiger partial charge in [-0.05, 0) is 43.4 Å². The summed E-state index contributed by atoms with van der Waals surface area (Å²) in [6.07, 6.45) is 6.82. The van der Waals surface area contributed by atoms with Crippen LogP contribution in [0.25, 0.3) is 0 Å². The van der Waals surface area contributed by atoms with Gasteiger partial charge in [-0.15, -0.1) is 0 Å². The SMILES string of the molecule is CC1CC(C)(C)CC(CN)(N2CCN(C3CC3)CC2)C1. The van der Waals surface area contributed by atoms with E-state index in [1.807, 2.05) is 0 Å². The Hall–Kier alpha value is -0.120. The van der Waals surface area contributed by atoms with Crippen LogP contribution in [0, 0.1) is 11.3 Å². The molecule has 1 heterocycles. The highest BCUT2D eigenvalue weighted by atomic mass is 15.3. The first-order chi connectivity index (χ1) is 9.44. The van der Waals surface area contributed by atoms with Crippen molar-refractivity contribution in [3.8, 4) is 0 Å². The second kappa shape index (κ2) is 5.26. The van der Waals surface area contributed by atoms with E-state index in [0.717, 1.165) is 18.5 Å². The van der Waals surface area contributed by atoms with E-state index in [1.165, 1.54) is 58.3 Å². The molecule has 0 aromatic heterocycles. The number of nitrogens with zero attached hydrogens (tertiary/aromatic N) is 2. The van der Waals surface area contributed by atoms with Gasteiger partial charge >= 0.3 is 0 Å². The molecule has 2 saturated carbocycles. The van der Waals surface area contributed by atoms with Crippen LogP contribution in [0.5, 0.6) is 0 Å². The van der Waals surface area contributed by atoms with Gasteiger partial charge in [0, 0.05) is 44.3 Å². The fourth-order valence-electron chi connectivity index (χ4n) is 5.23. The van der Waals surface area contributed by atoms with Crippen molar-refractivity contribution >= 4 is 0 Å². The number of nitrogens with two attached hydrogens (primary N) is 1. The maximum absolute atomic E-state index is 6.30. The molecule has 0 aromatic rings. The van der Waals surface area contributed by atoms with Crippen molar-refractivity contribution in [3.05, 3.63) is 0 Å². The Morgan fingerprint density at radius 2 is 1.70 bits per heavy atom. The molecular weight excluding hydrogens is 246 g/mol. The van der Waals surface area contributed by atoms with Gasteiger partial charge in [-0.1, -0.05) is 20.8 Å². The minimum absolute atomic E-state index is 0.275. The molecule has 3 fully saturated rings.